The fraction of sp³-hybridized carbons (Fsp3) is 0.412. The van der Waals surface area contributed by atoms with Crippen LogP contribution >= 0.6 is 0 Å². The average Bonchev–Trinajstić information content (AvgIpc) is 3.01. The van der Waals surface area contributed by atoms with E-state index in [2.05, 4.69) is 10.1 Å². The van der Waals surface area contributed by atoms with E-state index in [-0.39, 0.29) is 61.0 Å². The maximum atomic E-state index is 14.5. The first kappa shape index (κ1) is 38.1. The van der Waals surface area contributed by atoms with Crippen LogP contribution in [0.25, 0.3) is 0 Å². The normalized spacial score (nSPS) is 20.5. The second-order valence-electron chi connectivity index (χ2n) is 12.6. The van der Waals surface area contributed by atoms with Gasteiger partial charge in [0, 0.05) is 37.2 Å². The zero-order chi connectivity index (χ0) is 37.6. The molecule has 0 bridgehead atoms. The minimum atomic E-state index is -6.22. The van der Waals surface area contributed by atoms with Crippen molar-refractivity contribution in [3.63, 3.8) is 0 Å². The van der Waals surface area contributed by atoms with Crippen molar-refractivity contribution in [2.45, 2.75) is 72.9 Å². The van der Waals surface area contributed by atoms with Gasteiger partial charge in [0.1, 0.15) is 22.2 Å². The first-order valence-corrected chi connectivity index (χ1v) is 17.1. The number of hydrogen-bond acceptors (Lipinski definition) is 5. The number of hydrogen-bond donors (Lipinski definition) is 1. The lowest BCUT2D eigenvalue weighted by Crippen LogP contribution is -2.57. The van der Waals surface area contributed by atoms with Crippen LogP contribution in [0.3, 0.4) is 0 Å². The second kappa shape index (κ2) is 13.8. The summed E-state index contributed by atoms with van der Waals surface area (Å²) in [4.78, 5) is 25.4. The van der Waals surface area contributed by atoms with E-state index in [0.717, 1.165) is 42.5 Å². The number of likely N-dealkylation sites (tertiary alicyclic amines) is 1. The van der Waals surface area contributed by atoms with Crippen molar-refractivity contribution in [3.8, 4) is 0 Å². The molecule has 17 heteroatoms. The van der Waals surface area contributed by atoms with Gasteiger partial charge in [-0.2, -0.15) is 26.3 Å². The van der Waals surface area contributed by atoms with Gasteiger partial charge in [-0.15, -0.1) is 0 Å². The Balaban J connectivity index is 1.51. The summed E-state index contributed by atoms with van der Waals surface area (Å²) in [5.41, 5.74) is -7.97. The van der Waals surface area contributed by atoms with Crippen LogP contribution in [0.4, 0.5) is 39.5 Å². The van der Waals surface area contributed by atoms with Crippen molar-refractivity contribution < 1.29 is 62.3 Å². The predicted molar refractivity (Wildman–Crippen MR) is 163 cm³/mol. The molecule has 0 radical (unpaired) electrons. The number of carbonyl (C=O) groups is 2. The molecule has 0 atom stereocenters. The Bertz CT molecular complexity index is 1830. The Labute approximate surface area is 286 Å². The molecule has 1 N–H and O–H groups in total. The summed E-state index contributed by atoms with van der Waals surface area (Å²) in [6.07, 6.45) is -12.9. The molecular weight excluding hydrogens is 719 g/mol. The molecule has 7 nitrogen and oxygen atoms in total. The molecule has 0 spiro atoms. The van der Waals surface area contributed by atoms with Gasteiger partial charge in [0.2, 0.25) is 11.8 Å². The van der Waals surface area contributed by atoms with Gasteiger partial charge in [-0.1, -0.05) is 30.3 Å². The number of nitrogens with zero attached hydrogens (tertiary/aromatic N) is 1. The van der Waals surface area contributed by atoms with Crippen molar-refractivity contribution >= 4 is 21.7 Å². The zero-order valence-electron chi connectivity index (χ0n) is 26.8. The third-order valence-corrected chi connectivity index (χ3v) is 12.2. The Hall–Kier alpha value is -4.12. The third-order valence-electron chi connectivity index (χ3n) is 9.59. The fourth-order valence-corrected chi connectivity index (χ4v) is 8.76. The summed E-state index contributed by atoms with van der Waals surface area (Å²) < 4.78 is 160. The molecule has 1 aliphatic carbocycles. The molecule has 3 aromatic rings. The van der Waals surface area contributed by atoms with E-state index in [1.165, 1.54) is 11.8 Å². The van der Waals surface area contributed by atoms with Crippen LogP contribution in [-0.2, 0) is 41.1 Å². The van der Waals surface area contributed by atoms with E-state index in [9.17, 15) is 57.5 Å². The molecule has 5 rings (SSSR count). The van der Waals surface area contributed by atoms with Gasteiger partial charge in [0.15, 0.2) is 9.84 Å². The smallest absolute Gasteiger partial charge is 0.353 e. The van der Waals surface area contributed by atoms with Crippen LogP contribution in [0.1, 0.15) is 49.3 Å². The minimum Gasteiger partial charge on any atom is -0.353 e. The molecule has 2 amide bonds. The lowest BCUT2D eigenvalue weighted by molar-refractivity contribution is -0.392. The molecule has 1 saturated carbocycles. The molecule has 1 aliphatic heterocycles. The van der Waals surface area contributed by atoms with Gasteiger partial charge in [-0.3, -0.25) is 9.59 Å². The van der Waals surface area contributed by atoms with E-state index in [4.69, 9.17) is 0 Å². The van der Waals surface area contributed by atoms with E-state index >= 15 is 0 Å². The lowest BCUT2D eigenvalue weighted by atomic mass is 9.79. The second-order valence-corrected chi connectivity index (χ2v) is 14.9. The van der Waals surface area contributed by atoms with E-state index in [1.54, 1.807) is 0 Å². The Morgan fingerprint density at radius 2 is 1.37 bits per heavy atom. The maximum Gasteiger partial charge on any atom is 0.430 e. The number of sulfone groups is 1. The highest BCUT2D eigenvalue weighted by Crippen LogP contribution is 2.54. The van der Waals surface area contributed by atoms with Crippen LogP contribution in [0, 0.1) is 23.4 Å². The van der Waals surface area contributed by atoms with Gasteiger partial charge in [0.25, 0.3) is 5.60 Å². The molecular formula is C34H31F9N2O5S. The number of benzene rings is 3. The number of halogens is 9. The predicted octanol–water partition coefficient (Wildman–Crippen LogP) is 6.85. The summed E-state index contributed by atoms with van der Waals surface area (Å²) in [6, 6.07) is 7.72. The lowest BCUT2D eigenvalue weighted by Gasteiger charge is -2.42. The number of amides is 2. The SMILES string of the molecule is CC(=O)N1CC(C(=O)NC2CCC(c3ccc(C(OCc4c(F)cccc4F)(C(F)(F)F)C(F)(F)F)cc3)(S(=O)(=O)c3ccc(F)cc3)CC2)C1. The molecule has 0 unspecified atom stereocenters. The number of rotatable bonds is 9. The Morgan fingerprint density at radius 3 is 1.86 bits per heavy atom. The van der Waals surface area contributed by atoms with Crippen molar-refractivity contribution in [2.24, 2.45) is 5.92 Å². The van der Waals surface area contributed by atoms with Crippen molar-refractivity contribution in [1.82, 2.24) is 10.2 Å². The molecule has 51 heavy (non-hydrogen) atoms. The minimum absolute atomic E-state index is 0.0312. The number of carbonyl (C=O) groups excluding carboxylic acids is 2. The van der Waals surface area contributed by atoms with E-state index < -0.39 is 79.7 Å². The molecule has 2 fully saturated rings. The molecule has 3 aromatic carbocycles. The van der Waals surface area contributed by atoms with Gasteiger partial charge >= 0.3 is 12.4 Å². The van der Waals surface area contributed by atoms with Gasteiger partial charge in [-0.25, -0.2) is 21.6 Å². The highest BCUT2D eigenvalue weighted by atomic mass is 32.2. The quantitative estimate of drug-likeness (QED) is 0.191. The van der Waals surface area contributed by atoms with Crippen LogP contribution in [0.5, 0.6) is 0 Å². The summed E-state index contributed by atoms with van der Waals surface area (Å²) >= 11 is 0. The maximum absolute atomic E-state index is 14.5. The average molecular weight is 751 g/mol. The highest BCUT2D eigenvalue weighted by Gasteiger charge is 2.73. The topological polar surface area (TPSA) is 92.8 Å². The van der Waals surface area contributed by atoms with Gasteiger partial charge < -0.3 is 15.0 Å². The summed E-state index contributed by atoms with van der Waals surface area (Å²) in [5, 5.41) is 2.82. The summed E-state index contributed by atoms with van der Waals surface area (Å²) in [7, 11) is -4.52. The van der Waals surface area contributed by atoms with Crippen molar-refractivity contribution in [3.05, 3.63) is 101 Å². The van der Waals surface area contributed by atoms with Crippen LogP contribution in [0.15, 0.2) is 71.6 Å². The van der Waals surface area contributed by atoms with E-state index in [1.807, 2.05) is 0 Å². The van der Waals surface area contributed by atoms with Crippen LogP contribution < -0.4 is 5.32 Å². The third kappa shape index (κ3) is 6.93. The fourth-order valence-electron chi connectivity index (χ4n) is 6.60. The standard InChI is InChI=1S/C34H31F9N2O5S/c1-20(46)45-17-21(18-45)30(47)44-25-13-15-31(16-14-25,51(48,49)26-11-9-24(35)10-12-26)22-5-7-23(8-6-22)32(33(38,39)40,34(41,42)43)50-19-27-28(36)3-2-4-29(27)37/h2-12,21,25H,13-19H2,1H3,(H,44,47). The molecule has 2 aliphatic rings. The summed E-state index contributed by atoms with van der Waals surface area (Å²) in [6.45, 7) is 0.0108. The molecule has 0 aromatic heterocycles. The van der Waals surface area contributed by atoms with Crippen LogP contribution in [-0.4, -0.2) is 56.6 Å². The van der Waals surface area contributed by atoms with E-state index in [0.29, 0.717) is 24.3 Å². The van der Waals surface area contributed by atoms with Crippen molar-refractivity contribution in [2.75, 3.05) is 13.1 Å². The monoisotopic (exact) mass is 750 g/mol. The van der Waals surface area contributed by atoms with Gasteiger partial charge in [-0.05, 0) is 67.6 Å². The summed E-state index contributed by atoms with van der Waals surface area (Å²) in [5.74, 6) is -4.67. The van der Waals surface area contributed by atoms with Gasteiger partial charge in [0.05, 0.1) is 17.4 Å². The molecule has 1 heterocycles. The highest BCUT2D eigenvalue weighted by molar-refractivity contribution is 7.92. The number of ether oxygens (including phenoxy) is 1. The first-order chi connectivity index (χ1) is 23.7. The zero-order valence-corrected chi connectivity index (χ0v) is 27.6. The largest absolute Gasteiger partial charge is 0.430 e. The molecule has 276 valence electrons. The first-order valence-electron chi connectivity index (χ1n) is 15.6. The van der Waals surface area contributed by atoms with Crippen LogP contribution in [0.2, 0.25) is 0 Å². The number of alkyl halides is 6. The van der Waals surface area contributed by atoms with Crippen molar-refractivity contribution in [1.29, 1.82) is 0 Å². The number of nitrogens with one attached hydrogen (secondary N) is 1. The Kier molecular flexibility index (Phi) is 10.3. The molecule has 1 saturated heterocycles. The Morgan fingerprint density at radius 1 is 0.843 bits per heavy atom.